The zero-order valence-corrected chi connectivity index (χ0v) is 8.91. The highest BCUT2D eigenvalue weighted by Crippen LogP contribution is 2.24. The Labute approximate surface area is 72.4 Å². The van der Waals surface area contributed by atoms with E-state index in [1.807, 2.05) is 0 Å². The van der Waals surface area contributed by atoms with Gasteiger partial charge in [-0.25, -0.2) is 0 Å². The van der Waals surface area contributed by atoms with E-state index >= 15 is 0 Å². The van der Waals surface area contributed by atoms with Gasteiger partial charge in [-0.3, -0.25) is 0 Å². The molecule has 0 aromatic carbocycles. The smallest absolute Gasteiger partial charge is 0.0385 e. The third-order valence-corrected chi connectivity index (χ3v) is 2.45. The first-order valence-corrected chi connectivity index (χ1v) is 4.95. The van der Waals surface area contributed by atoms with Crippen LogP contribution < -0.4 is 0 Å². The molecule has 0 aromatic heterocycles. The highest BCUT2D eigenvalue weighted by atomic mass is 14.1. The summed E-state index contributed by atoms with van der Waals surface area (Å²) in [5, 5.41) is 0. The Morgan fingerprint density at radius 3 is 1.45 bits per heavy atom. The van der Waals surface area contributed by atoms with Crippen molar-refractivity contribution in [1.29, 1.82) is 0 Å². The third kappa shape index (κ3) is 7.90. The van der Waals surface area contributed by atoms with Crippen LogP contribution in [0.1, 0.15) is 60.3 Å². The molecule has 0 saturated heterocycles. The van der Waals surface area contributed by atoms with Crippen LogP contribution in [0.2, 0.25) is 0 Å². The fourth-order valence-electron chi connectivity index (χ4n) is 0.612. The lowest BCUT2D eigenvalue weighted by molar-refractivity contribution is 0.346. The average Bonchev–Trinajstić information content (AvgIpc) is 1.84. The first kappa shape index (κ1) is 11.0. The summed E-state index contributed by atoms with van der Waals surface area (Å²) >= 11 is 0. The molecule has 0 aromatic rings. The number of rotatable bonds is 0. The van der Waals surface area contributed by atoms with Gasteiger partial charge in [-0.2, -0.15) is 0 Å². The zero-order valence-electron chi connectivity index (χ0n) is 8.91. The summed E-state index contributed by atoms with van der Waals surface area (Å²) in [5.74, 6) is 1.06. The lowest BCUT2D eigenvalue weighted by atomic mass is 9.88. The van der Waals surface area contributed by atoms with Gasteiger partial charge in [-0.05, 0) is 11.3 Å². The van der Waals surface area contributed by atoms with Gasteiger partial charge in [-0.15, -0.1) is 0 Å². The van der Waals surface area contributed by atoms with Crippen molar-refractivity contribution in [2.75, 3.05) is 0 Å². The molecule has 0 radical (unpaired) electrons. The molecule has 0 N–H and O–H groups in total. The van der Waals surface area contributed by atoms with Crippen LogP contribution >= 0.6 is 0 Å². The second-order valence-corrected chi connectivity index (χ2v) is 4.95. The molecular formula is C11H24. The Morgan fingerprint density at radius 1 is 1.18 bits per heavy atom. The van der Waals surface area contributed by atoms with Gasteiger partial charge in [0.25, 0.3) is 0 Å². The Morgan fingerprint density at radius 2 is 1.45 bits per heavy atom. The molecular weight excluding hydrogens is 132 g/mol. The predicted molar refractivity (Wildman–Crippen MR) is 52.8 cm³/mol. The van der Waals surface area contributed by atoms with Crippen LogP contribution in [0.25, 0.3) is 0 Å². The van der Waals surface area contributed by atoms with Gasteiger partial charge in [0.15, 0.2) is 0 Å². The average molecular weight is 156 g/mol. The Balaban J connectivity index is 0.000000183. The van der Waals surface area contributed by atoms with E-state index in [1.54, 1.807) is 0 Å². The van der Waals surface area contributed by atoms with Crippen LogP contribution in [-0.4, -0.2) is 0 Å². The fraction of sp³-hybridized carbons (Fsp3) is 1.00. The van der Waals surface area contributed by atoms with Crippen molar-refractivity contribution in [3.63, 3.8) is 0 Å². The molecule has 0 bridgehead atoms. The van der Waals surface area contributed by atoms with Crippen molar-refractivity contribution < 1.29 is 0 Å². The first-order chi connectivity index (χ1) is 4.95. The van der Waals surface area contributed by atoms with Gasteiger partial charge >= 0.3 is 0 Å². The zero-order chi connectivity index (χ0) is 8.91. The molecule has 0 aliphatic heterocycles. The molecule has 1 rings (SSSR count). The number of hydrogen-bond donors (Lipinski definition) is 0. The minimum atomic E-state index is 0.542. The van der Waals surface area contributed by atoms with Crippen LogP contribution in [0, 0.1) is 11.3 Å². The van der Waals surface area contributed by atoms with Gasteiger partial charge in [0, 0.05) is 0 Å². The van der Waals surface area contributed by atoms with Gasteiger partial charge in [0.1, 0.15) is 0 Å². The summed E-state index contributed by atoms with van der Waals surface area (Å²) in [7, 11) is 0. The summed E-state index contributed by atoms with van der Waals surface area (Å²) in [6.07, 6.45) is 5.73. The standard InChI is InChI=1S/C6H14.C5H10/c1-5-6(2,3)4;1-5-3-2-4-5/h5H2,1-4H3;5H,2-4H2,1H3. The van der Waals surface area contributed by atoms with Crippen LogP contribution in [0.4, 0.5) is 0 Å². The summed E-state index contributed by atoms with van der Waals surface area (Å²) < 4.78 is 0. The van der Waals surface area contributed by atoms with Crippen LogP contribution in [0.3, 0.4) is 0 Å². The van der Waals surface area contributed by atoms with Crippen molar-refractivity contribution in [2.45, 2.75) is 60.3 Å². The number of hydrogen-bond acceptors (Lipinski definition) is 0. The minimum Gasteiger partial charge on any atom is -0.0649 e. The van der Waals surface area contributed by atoms with Gasteiger partial charge < -0.3 is 0 Å². The Hall–Kier alpha value is 0. The second-order valence-electron chi connectivity index (χ2n) is 4.95. The highest BCUT2D eigenvalue weighted by molar-refractivity contribution is 4.62. The predicted octanol–water partition coefficient (Wildman–Crippen LogP) is 4.25. The summed E-state index contributed by atoms with van der Waals surface area (Å²) in [6, 6.07) is 0. The molecule has 0 spiro atoms. The molecule has 1 fully saturated rings. The fourth-order valence-corrected chi connectivity index (χ4v) is 0.612. The lowest BCUT2D eigenvalue weighted by Gasteiger charge is -2.18. The molecule has 0 amide bonds. The molecule has 0 atom stereocenters. The highest BCUT2D eigenvalue weighted by Gasteiger charge is 2.09. The maximum Gasteiger partial charge on any atom is -0.0385 e. The van der Waals surface area contributed by atoms with Crippen molar-refractivity contribution in [3.8, 4) is 0 Å². The molecule has 0 nitrogen and oxygen atoms in total. The molecule has 1 saturated carbocycles. The van der Waals surface area contributed by atoms with Gasteiger partial charge in [0.05, 0.1) is 0 Å². The molecule has 0 heterocycles. The third-order valence-electron chi connectivity index (χ3n) is 2.45. The van der Waals surface area contributed by atoms with Crippen LogP contribution in [0.15, 0.2) is 0 Å². The van der Waals surface area contributed by atoms with Crippen molar-refractivity contribution in [3.05, 3.63) is 0 Å². The van der Waals surface area contributed by atoms with E-state index in [0.29, 0.717) is 5.41 Å². The summed E-state index contributed by atoms with van der Waals surface area (Å²) in [6.45, 7) is 11.2. The monoisotopic (exact) mass is 156 g/mol. The van der Waals surface area contributed by atoms with Crippen molar-refractivity contribution in [1.82, 2.24) is 0 Å². The van der Waals surface area contributed by atoms with Crippen molar-refractivity contribution >= 4 is 0 Å². The maximum atomic E-state index is 2.31. The molecule has 0 heteroatoms. The first-order valence-electron chi connectivity index (χ1n) is 4.95. The van der Waals surface area contributed by atoms with E-state index in [9.17, 15) is 0 Å². The Kier molecular flexibility index (Phi) is 4.79. The van der Waals surface area contributed by atoms with E-state index in [1.165, 1.54) is 25.7 Å². The van der Waals surface area contributed by atoms with E-state index in [4.69, 9.17) is 0 Å². The van der Waals surface area contributed by atoms with E-state index in [-0.39, 0.29) is 0 Å². The SMILES string of the molecule is CC1CCC1.CCC(C)(C)C. The second kappa shape index (κ2) is 4.79. The quantitative estimate of drug-likeness (QED) is 0.492. The molecule has 1 aliphatic rings. The Bertz CT molecular complexity index is 82.7. The van der Waals surface area contributed by atoms with E-state index in [2.05, 4.69) is 34.6 Å². The van der Waals surface area contributed by atoms with Gasteiger partial charge in [-0.1, -0.05) is 60.3 Å². The summed E-state index contributed by atoms with van der Waals surface area (Å²) in [4.78, 5) is 0. The molecule has 1 aliphatic carbocycles. The van der Waals surface area contributed by atoms with Gasteiger partial charge in [0.2, 0.25) is 0 Å². The normalized spacial score (nSPS) is 18.3. The topological polar surface area (TPSA) is 0 Å². The van der Waals surface area contributed by atoms with Crippen molar-refractivity contribution in [2.24, 2.45) is 11.3 Å². The van der Waals surface area contributed by atoms with Crippen LogP contribution in [-0.2, 0) is 0 Å². The van der Waals surface area contributed by atoms with E-state index < -0.39 is 0 Å². The lowest BCUT2D eigenvalue weighted by Crippen LogP contribution is -2.04. The summed E-state index contributed by atoms with van der Waals surface area (Å²) in [5.41, 5.74) is 0.542. The minimum absolute atomic E-state index is 0.542. The molecule has 11 heavy (non-hydrogen) atoms. The maximum absolute atomic E-state index is 2.31. The molecule has 68 valence electrons. The van der Waals surface area contributed by atoms with Crippen LogP contribution in [0.5, 0.6) is 0 Å². The molecule has 0 unspecified atom stereocenters. The largest absolute Gasteiger partial charge is 0.0649 e. The van der Waals surface area contributed by atoms with E-state index in [0.717, 1.165) is 5.92 Å².